The van der Waals surface area contributed by atoms with Gasteiger partial charge in [-0.05, 0) is 0 Å². The van der Waals surface area contributed by atoms with Crippen molar-refractivity contribution in [1.29, 1.82) is 0 Å². The Kier molecular flexibility index (Phi) is 7.27. The van der Waals surface area contributed by atoms with Crippen molar-refractivity contribution in [2.75, 3.05) is 13.2 Å². The van der Waals surface area contributed by atoms with E-state index in [2.05, 4.69) is 0 Å². The van der Waals surface area contributed by atoms with Crippen molar-refractivity contribution in [3.8, 4) is 0 Å². The summed E-state index contributed by atoms with van der Waals surface area (Å²) in [6, 6.07) is 18.5. The Bertz CT molecular complexity index is 940. The zero-order chi connectivity index (χ0) is 25.5. The number of hydrogen-bond donors (Lipinski definition) is 4. The summed E-state index contributed by atoms with van der Waals surface area (Å²) in [5.74, 6) is 0. The van der Waals surface area contributed by atoms with Gasteiger partial charge in [-0.15, -0.1) is 0 Å². The van der Waals surface area contributed by atoms with Crippen molar-refractivity contribution >= 4 is 0 Å². The molecule has 0 unspecified atom stereocenters. The number of hydrogen-bond acceptors (Lipinski definition) is 11. The van der Waals surface area contributed by atoms with E-state index in [-0.39, 0.29) is 13.2 Å². The molecule has 0 bridgehead atoms. The summed E-state index contributed by atoms with van der Waals surface area (Å²) in [6.07, 6.45) is -13.1. The lowest BCUT2D eigenvalue weighted by molar-refractivity contribution is -0.412. The van der Waals surface area contributed by atoms with Crippen LogP contribution >= 0.6 is 0 Å². The first-order valence-corrected chi connectivity index (χ1v) is 12.3. The van der Waals surface area contributed by atoms with Gasteiger partial charge in [-0.3, -0.25) is 0 Å². The molecule has 37 heavy (non-hydrogen) atoms. The molecule has 4 saturated heterocycles. The predicted octanol–water partition coefficient (Wildman–Crippen LogP) is 0.125. The van der Waals surface area contributed by atoms with Gasteiger partial charge in [-0.1, -0.05) is 60.7 Å². The maximum absolute atomic E-state index is 10.8. The van der Waals surface area contributed by atoms with Crippen LogP contribution in [0.4, 0.5) is 0 Å². The third-order valence-electron chi connectivity index (χ3n) is 7.08. The Labute approximate surface area is 213 Å². The molecule has 4 N–H and O–H groups in total. The van der Waals surface area contributed by atoms with Gasteiger partial charge in [0.2, 0.25) is 0 Å². The fourth-order valence-corrected chi connectivity index (χ4v) is 5.07. The van der Waals surface area contributed by atoms with Crippen LogP contribution in [0.2, 0.25) is 0 Å². The van der Waals surface area contributed by atoms with Crippen LogP contribution in [0.15, 0.2) is 60.7 Å². The van der Waals surface area contributed by atoms with E-state index in [0.717, 1.165) is 11.1 Å². The standard InChI is InChI=1S/C26H30O11/c27-17-19(29)25(33-15-11-31-23(35-21(15)17)13-7-3-1-4-8-13)37-26-20(30)18(28)22-16(34-26)12-32-24(36-22)14-9-5-2-6-10-14/h1-10,15-30H,11-12H2/t15-,16+,17-,18+,19+,20-,21-,22+,23-,24-,25+,26-/m0/s1. The van der Waals surface area contributed by atoms with Crippen LogP contribution in [0.3, 0.4) is 0 Å². The van der Waals surface area contributed by atoms with Gasteiger partial charge in [-0.2, -0.15) is 0 Å². The van der Waals surface area contributed by atoms with Crippen LogP contribution in [0.5, 0.6) is 0 Å². The minimum atomic E-state index is -1.51. The summed E-state index contributed by atoms with van der Waals surface area (Å²) >= 11 is 0. The van der Waals surface area contributed by atoms with Gasteiger partial charge in [0.25, 0.3) is 0 Å². The van der Waals surface area contributed by atoms with E-state index < -0.39 is 74.0 Å². The number of ether oxygens (including phenoxy) is 7. The van der Waals surface area contributed by atoms with Gasteiger partial charge in [-0.25, -0.2) is 0 Å². The van der Waals surface area contributed by atoms with Crippen LogP contribution in [0.1, 0.15) is 23.7 Å². The fourth-order valence-electron chi connectivity index (χ4n) is 5.07. The summed E-state index contributed by atoms with van der Waals surface area (Å²) in [7, 11) is 0. The Morgan fingerprint density at radius 2 is 0.946 bits per heavy atom. The van der Waals surface area contributed by atoms with E-state index in [0.29, 0.717) is 0 Å². The second-order valence-electron chi connectivity index (χ2n) is 9.54. The lowest BCUT2D eigenvalue weighted by Gasteiger charge is -2.49. The number of fused-ring (bicyclic) bond motifs is 2. The van der Waals surface area contributed by atoms with Crippen molar-refractivity contribution in [2.45, 2.75) is 74.0 Å². The molecule has 6 rings (SSSR count). The highest BCUT2D eigenvalue weighted by atomic mass is 16.8. The van der Waals surface area contributed by atoms with Crippen LogP contribution in [-0.4, -0.2) is 95.1 Å². The van der Waals surface area contributed by atoms with E-state index in [9.17, 15) is 20.4 Å². The van der Waals surface area contributed by atoms with Crippen molar-refractivity contribution in [3.63, 3.8) is 0 Å². The Hall–Kier alpha value is -2.00. The van der Waals surface area contributed by atoms with E-state index in [1.807, 2.05) is 60.7 Å². The van der Waals surface area contributed by atoms with Crippen LogP contribution in [0.25, 0.3) is 0 Å². The zero-order valence-corrected chi connectivity index (χ0v) is 19.8. The average molecular weight is 519 g/mol. The highest BCUT2D eigenvalue weighted by Crippen LogP contribution is 2.37. The first-order chi connectivity index (χ1) is 18.0. The molecule has 0 aromatic heterocycles. The van der Waals surface area contributed by atoms with Crippen LogP contribution in [-0.2, 0) is 33.2 Å². The molecule has 4 aliphatic heterocycles. The molecule has 4 aliphatic rings. The van der Waals surface area contributed by atoms with Crippen molar-refractivity contribution < 1.29 is 53.6 Å². The maximum atomic E-state index is 10.8. The molecule has 11 nitrogen and oxygen atoms in total. The number of benzene rings is 2. The topological polar surface area (TPSA) is 146 Å². The normalized spacial score (nSPS) is 44.0. The molecular weight excluding hydrogens is 488 g/mol. The lowest BCUT2D eigenvalue weighted by atomic mass is 9.96. The summed E-state index contributed by atoms with van der Waals surface area (Å²) in [5.41, 5.74) is 1.55. The zero-order valence-electron chi connectivity index (χ0n) is 19.8. The van der Waals surface area contributed by atoms with E-state index in [1.165, 1.54) is 0 Å². The second kappa shape index (κ2) is 10.6. The van der Waals surface area contributed by atoms with E-state index in [1.54, 1.807) is 0 Å². The molecule has 0 aliphatic carbocycles. The highest BCUT2D eigenvalue weighted by Gasteiger charge is 2.53. The molecule has 2 aromatic rings. The number of aliphatic hydroxyl groups is 4. The fraction of sp³-hybridized carbons (Fsp3) is 0.538. The third-order valence-corrected chi connectivity index (χ3v) is 7.08. The minimum Gasteiger partial charge on any atom is -0.387 e. The van der Waals surface area contributed by atoms with Gasteiger partial charge in [0.15, 0.2) is 25.2 Å². The van der Waals surface area contributed by atoms with Crippen LogP contribution < -0.4 is 0 Å². The molecule has 0 radical (unpaired) electrons. The Balaban J connectivity index is 1.09. The van der Waals surface area contributed by atoms with Gasteiger partial charge in [0.1, 0.15) is 48.8 Å². The Morgan fingerprint density at radius 3 is 1.35 bits per heavy atom. The predicted molar refractivity (Wildman–Crippen MR) is 122 cm³/mol. The first-order valence-electron chi connectivity index (χ1n) is 12.3. The lowest BCUT2D eigenvalue weighted by Crippen LogP contribution is -2.66. The third kappa shape index (κ3) is 4.93. The summed E-state index contributed by atoms with van der Waals surface area (Å²) in [6.45, 7) is 0.162. The van der Waals surface area contributed by atoms with Gasteiger partial charge >= 0.3 is 0 Å². The quantitative estimate of drug-likeness (QED) is 0.438. The monoisotopic (exact) mass is 518 g/mol. The molecule has 200 valence electrons. The van der Waals surface area contributed by atoms with Crippen LogP contribution in [0, 0.1) is 0 Å². The van der Waals surface area contributed by atoms with E-state index >= 15 is 0 Å². The molecule has 4 heterocycles. The minimum absolute atomic E-state index is 0.0812. The SMILES string of the molecule is O[C@@H]1[C@H](O[C@H]2O[C@H]3CO[C@H](c4ccccc4)O[C@@H]3[C@@H](O)[C@H]2O)O[C@@H]2CO[C@H](c3ccccc3)O[C@H]2[C@@H]1O. The van der Waals surface area contributed by atoms with Gasteiger partial charge in [0, 0.05) is 11.1 Å². The number of aliphatic hydroxyl groups excluding tert-OH is 4. The Morgan fingerprint density at radius 1 is 0.541 bits per heavy atom. The van der Waals surface area contributed by atoms with Crippen molar-refractivity contribution in [2.24, 2.45) is 0 Å². The highest BCUT2D eigenvalue weighted by molar-refractivity contribution is 5.17. The first kappa shape index (κ1) is 25.3. The van der Waals surface area contributed by atoms with Crippen molar-refractivity contribution in [3.05, 3.63) is 71.8 Å². The summed E-state index contributed by atoms with van der Waals surface area (Å²) < 4.78 is 40.7. The molecule has 0 saturated carbocycles. The molecule has 4 fully saturated rings. The molecule has 2 aromatic carbocycles. The maximum Gasteiger partial charge on any atom is 0.189 e. The van der Waals surface area contributed by atoms with Crippen molar-refractivity contribution in [1.82, 2.24) is 0 Å². The summed E-state index contributed by atoms with van der Waals surface area (Å²) in [5, 5.41) is 43.1. The second-order valence-corrected chi connectivity index (χ2v) is 9.54. The number of rotatable bonds is 4. The van der Waals surface area contributed by atoms with E-state index in [4.69, 9.17) is 33.2 Å². The largest absolute Gasteiger partial charge is 0.387 e. The molecular formula is C26H30O11. The average Bonchev–Trinajstić information content (AvgIpc) is 2.95. The van der Waals surface area contributed by atoms with Gasteiger partial charge in [0.05, 0.1) is 13.2 Å². The molecule has 0 spiro atoms. The summed E-state index contributed by atoms with van der Waals surface area (Å²) in [4.78, 5) is 0. The molecule has 11 heteroatoms. The van der Waals surface area contributed by atoms with Gasteiger partial charge < -0.3 is 53.6 Å². The molecule has 12 atom stereocenters. The smallest absolute Gasteiger partial charge is 0.189 e. The molecule has 0 amide bonds.